The number of nitrogens with two attached hydrogens (primary N) is 1. The van der Waals surface area contributed by atoms with Crippen LogP contribution in [0.4, 0.5) is 4.79 Å². The van der Waals surface area contributed by atoms with Gasteiger partial charge in [0.1, 0.15) is 6.04 Å². The molecule has 1 atom stereocenters. The van der Waals surface area contributed by atoms with Crippen molar-refractivity contribution in [3.63, 3.8) is 0 Å². The molecule has 0 radical (unpaired) electrons. The van der Waals surface area contributed by atoms with Crippen molar-refractivity contribution in [1.29, 1.82) is 0 Å². The van der Waals surface area contributed by atoms with Crippen molar-refractivity contribution in [2.45, 2.75) is 38.6 Å². The normalized spacial score (nSPS) is 16.4. The molecule has 108 valence electrons. The summed E-state index contributed by atoms with van der Waals surface area (Å²) in [5.74, 6) is -0.160. The van der Waals surface area contributed by atoms with Gasteiger partial charge in [-0.05, 0) is 19.4 Å². The van der Waals surface area contributed by atoms with Crippen molar-refractivity contribution in [1.82, 2.24) is 16.0 Å². The van der Waals surface area contributed by atoms with Gasteiger partial charge < -0.3 is 21.7 Å². The Morgan fingerprint density at radius 2 is 2.32 bits per heavy atom. The largest absolute Gasteiger partial charge is 0.352 e. The number of carbonyl (C=O) groups excluding carboxylic acids is 2. The summed E-state index contributed by atoms with van der Waals surface area (Å²) in [6.07, 6.45) is 5.51. The molecule has 6 heteroatoms. The molecule has 19 heavy (non-hydrogen) atoms. The van der Waals surface area contributed by atoms with Crippen molar-refractivity contribution in [2.75, 3.05) is 19.6 Å². The van der Waals surface area contributed by atoms with Crippen LogP contribution < -0.4 is 21.7 Å². The van der Waals surface area contributed by atoms with Crippen LogP contribution in [0.25, 0.3) is 0 Å². The van der Waals surface area contributed by atoms with E-state index in [1.807, 2.05) is 6.92 Å². The van der Waals surface area contributed by atoms with Crippen LogP contribution in [0.15, 0.2) is 11.6 Å². The molecule has 0 aromatic rings. The van der Waals surface area contributed by atoms with Gasteiger partial charge in [-0.3, -0.25) is 4.79 Å². The third-order valence-electron chi connectivity index (χ3n) is 3.13. The summed E-state index contributed by atoms with van der Waals surface area (Å²) in [7, 11) is 0. The Morgan fingerprint density at radius 1 is 1.53 bits per heavy atom. The van der Waals surface area contributed by atoms with Crippen LogP contribution in [0.5, 0.6) is 0 Å². The van der Waals surface area contributed by atoms with Gasteiger partial charge in [0.2, 0.25) is 5.91 Å². The third kappa shape index (κ3) is 6.24. The lowest BCUT2D eigenvalue weighted by atomic mass is 10.1. The molecule has 0 saturated carbocycles. The van der Waals surface area contributed by atoms with Crippen molar-refractivity contribution in [3.05, 3.63) is 11.6 Å². The van der Waals surface area contributed by atoms with Gasteiger partial charge in [0.05, 0.1) is 0 Å². The zero-order valence-electron chi connectivity index (χ0n) is 11.5. The van der Waals surface area contributed by atoms with E-state index in [4.69, 9.17) is 5.73 Å². The molecule has 1 unspecified atom stereocenters. The van der Waals surface area contributed by atoms with E-state index in [9.17, 15) is 9.59 Å². The lowest BCUT2D eigenvalue weighted by Crippen LogP contribution is -2.49. The predicted molar refractivity (Wildman–Crippen MR) is 74.6 cm³/mol. The van der Waals surface area contributed by atoms with Gasteiger partial charge in [-0.15, -0.1) is 0 Å². The smallest absolute Gasteiger partial charge is 0.312 e. The summed E-state index contributed by atoms with van der Waals surface area (Å²) in [5, 5.41) is 8.58. The maximum absolute atomic E-state index is 12.0. The number of primary amides is 1. The minimum atomic E-state index is -0.655. The molecule has 5 N–H and O–H groups in total. The van der Waals surface area contributed by atoms with Gasteiger partial charge in [-0.25, -0.2) is 4.79 Å². The maximum atomic E-state index is 12.0. The molecule has 1 rings (SSSR count). The highest BCUT2D eigenvalue weighted by atomic mass is 16.2. The van der Waals surface area contributed by atoms with Gasteiger partial charge in [-0.2, -0.15) is 0 Å². The number of hydrogen-bond acceptors (Lipinski definition) is 3. The summed E-state index contributed by atoms with van der Waals surface area (Å²) >= 11 is 0. The van der Waals surface area contributed by atoms with E-state index in [0.29, 0.717) is 13.0 Å². The van der Waals surface area contributed by atoms with E-state index >= 15 is 0 Å². The predicted octanol–water partition coefficient (Wildman–Crippen LogP) is 0.249. The van der Waals surface area contributed by atoms with Crippen molar-refractivity contribution in [2.24, 2.45) is 5.73 Å². The lowest BCUT2D eigenvalue weighted by molar-refractivity contribution is -0.122. The number of urea groups is 1. The molecule has 3 amide bonds. The maximum Gasteiger partial charge on any atom is 0.312 e. The Bertz CT molecular complexity index is 342. The Morgan fingerprint density at radius 3 is 2.89 bits per heavy atom. The molecular formula is C13H24N4O2. The van der Waals surface area contributed by atoms with E-state index in [2.05, 4.69) is 22.0 Å². The number of rotatable bonds is 7. The van der Waals surface area contributed by atoms with Crippen molar-refractivity contribution < 1.29 is 9.59 Å². The number of hydrogen-bond donors (Lipinski definition) is 4. The Hall–Kier alpha value is -1.56. The second kappa shape index (κ2) is 8.53. The van der Waals surface area contributed by atoms with Crippen molar-refractivity contribution in [3.8, 4) is 0 Å². The SMILES string of the molecule is CCCCC(NC(N)=O)C(=O)NCC1=CCNCC1. The molecule has 0 spiro atoms. The molecule has 1 aliphatic heterocycles. The minimum absolute atomic E-state index is 0.160. The fourth-order valence-corrected chi connectivity index (χ4v) is 2.00. The first-order chi connectivity index (χ1) is 9.13. The van der Waals surface area contributed by atoms with Gasteiger partial charge in [0.15, 0.2) is 0 Å². The highest BCUT2D eigenvalue weighted by molar-refractivity contribution is 5.86. The van der Waals surface area contributed by atoms with Crippen molar-refractivity contribution >= 4 is 11.9 Å². The van der Waals surface area contributed by atoms with Crippen LogP contribution in [0.2, 0.25) is 0 Å². The Balaban J connectivity index is 2.41. The molecule has 0 aromatic heterocycles. The first kappa shape index (κ1) is 15.5. The molecule has 6 nitrogen and oxygen atoms in total. The number of carbonyl (C=O) groups is 2. The number of amides is 3. The zero-order chi connectivity index (χ0) is 14.1. The first-order valence-corrected chi connectivity index (χ1v) is 6.85. The van der Waals surface area contributed by atoms with Gasteiger partial charge in [0, 0.05) is 13.1 Å². The van der Waals surface area contributed by atoms with Crippen LogP contribution in [0, 0.1) is 0 Å². The molecule has 1 aliphatic rings. The second-order valence-electron chi connectivity index (χ2n) is 4.74. The van der Waals surface area contributed by atoms with Crippen LogP contribution in [0.3, 0.4) is 0 Å². The fourth-order valence-electron chi connectivity index (χ4n) is 2.00. The van der Waals surface area contributed by atoms with Crippen LogP contribution >= 0.6 is 0 Å². The van der Waals surface area contributed by atoms with E-state index in [0.717, 1.165) is 32.4 Å². The average Bonchev–Trinajstić information content (AvgIpc) is 2.41. The monoisotopic (exact) mass is 268 g/mol. The Labute approximate surface area is 114 Å². The van der Waals surface area contributed by atoms with E-state index in [-0.39, 0.29) is 5.91 Å². The summed E-state index contributed by atoms with van der Waals surface area (Å²) in [6.45, 7) is 4.38. The zero-order valence-corrected chi connectivity index (χ0v) is 11.5. The van der Waals surface area contributed by atoms with Crippen LogP contribution in [0.1, 0.15) is 32.6 Å². The van der Waals surface area contributed by atoms with Gasteiger partial charge in [-0.1, -0.05) is 31.4 Å². The third-order valence-corrected chi connectivity index (χ3v) is 3.13. The summed E-state index contributed by atoms with van der Waals surface area (Å²) < 4.78 is 0. The summed E-state index contributed by atoms with van der Waals surface area (Å²) in [6, 6.07) is -1.18. The molecule has 1 heterocycles. The fraction of sp³-hybridized carbons (Fsp3) is 0.692. The quantitative estimate of drug-likeness (QED) is 0.498. The standard InChI is InChI=1S/C13H24N4O2/c1-2-3-4-11(17-13(14)19)12(18)16-9-10-5-7-15-8-6-10/h5,11,15H,2-4,6-9H2,1H3,(H,16,18)(H3,14,17,19). The Kier molecular flexibility index (Phi) is 6.95. The topological polar surface area (TPSA) is 96.2 Å². The lowest BCUT2D eigenvalue weighted by Gasteiger charge is -2.19. The number of unbranched alkanes of at least 4 members (excludes halogenated alkanes) is 1. The molecule has 0 bridgehead atoms. The minimum Gasteiger partial charge on any atom is -0.352 e. The van der Waals surface area contributed by atoms with Gasteiger partial charge >= 0.3 is 6.03 Å². The van der Waals surface area contributed by atoms with Crippen LogP contribution in [-0.4, -0.2) is 37.6 Å². The highest BCUT2D eigenvalue weighted by Gasteiger charge is 2.19. The average molecular weight is 268 g/mol. The van der Waals surface area contributed by atoms with Crippen LogP contribution in [-0.2, 0) is 4.79 Å². The van der Waals surface area contributed by atoms with Gasteiger partial charge in [0.25, 0.3) is 0 Å². The van der Waals surface area contributed by atoms with E-state index < -0.39 is 12.1 Å². The van der Waals surface area contributed by atoms with E-state index in [1.54, 1.807) is 0 Å². The first-order valence-electron chi connectivity index (χ1n) is 6.85. The molecule has 0 fully saturated rings. The molecule has 0 aromatic carbocycles. The molecule has 0 saturated heterocycles. The summed E-state index contributed by atoms with van der Waals surface area (Å²) in [4.78, 5) is 22.9. The highest BCUT2D eigenvalue weighted by Crippen LogP contribution is 2.04. The second-order valence-corrected chi connectivity index (χ2v) is 4.74. The van der Waals surface area contributed by atoms with E-state index in [1.165, 1.54) is 5.57 Å². The number of nitrogens with one attached hydrogen (secondary N) is 3. The molecular weight excluding hydrogens is 244 g/mol. The summed E-state index contributed by atoms with van der Waals surface area (Å²) in [5.41, 5.74) is 6.31. The molecule has 0 aliphatic carbocycles.